The van der Waals surface area contributed by atoms with Crippen molar-refractivity contribution in [2.75, 3.05) is 10.6 Å². The molecule has 0 saturated carbocycles. The highest BCUT2D eigenvalue weighted by molar-refractivity contribution is 7.80. The number of thiocarbonyl (C=S) groups is 1. The van der Waals surface area contributed by atoms with Crippen LogP contribution in [0.4, 0.5) is 17.1 Å². The van der Waals surface area contributed by atoms with Crippen molar-refractivity contribution in [2.45, 2.75) is 20.8 Å². The van der Waals surface area contributed by atoms with E-state index in [2.05, 4.69) is 5.38 Å². The second-order valence-electron chi connectivity index (χ2n) is 4.09. The lowest BCUT2D eigenvalue weighted by molar-refractivity contribution is 1.31. The molecule has 0 fully saturated rings. The fourth-order valence-electron chi connectivity index (χ4n) is 1.90. The maximum absolute atomic E-state index is 6.16. The van der Waals surface area contributed by atoms with Crippen LogP contribution in [0.1, 0.15) is 15.3 Å². The molecular formula is C12H15N3S3. The Labute approximate surface area is 120 Å². The number of aryl methyl sites for hydroxylation is 3. The summed E-state index contributed by atoms with van der Waals surface area (Å²) in [6.45, 7) is 6.09. The molecule has 0 aromatic carbocycles. The van der Waals surface area contributed by atoms with Crippen molar-refractivity contribution in [1.29, 1.82) is 0 Å². The van der Waals surface area contributed by atoms with Gasteiger partial charge in [0.1, 0.15) is 0 Å². The van der Waals surface area contributed by atoms with Gasteiger partial charge in [0, 0.05) is 15.1 Å². The number of rotatable bonds is 2. The van der Waals surface area contributed by atoms with Gasteiger partial charge >= 0.3 is 0 Å². The van der Waals surface area contributed by atoms with Crippen LogP contribution in [0.15, 0.2) is 10.8 Å². The first-order chi connectivity index (χ1) is 8.43. The monoisotopic (exact) mass is 297 g/mol. The highest BCUT2D eigenvalue weighted by Gasteiger charge is 2.22. The number of nitrogen functional groups attached to an aromatic ring is 1. The predicted octanol–water partition coefficient (Wildman–Crippen LogP) is 3.70. The quantitative estimate of drug-likeness (QED) is 0.830. The van der Waals surface area contributed by atoms with E-state index >= 15 is 0 Å². The largest absolute Gasteiger partial charge is 0.396 e. The van der Waals surface area contributed by atoms with Crippen LogP contribution >= 0.6 is 34.9 Å². The van der Waals surface area contributed by atoms with Crippen LogP contribution in [0, 0.1) is 20.8 Å². The van der Waals surface area contributed by atoms with Crippen molar-refractivity contribution in [3.05, 3.63) is 26.1 Å². The predicted molar refractivity (Wildman–Crippen MR) is 86.2 cm³/mol. The first-order valence-corrected chi connectivity index (χ1v) is 7.58. The Bertz CT molecular complexity index is 598. The van der Waals surface area contributed by atoms with Crippen LogP contribution in [0.25, 0.3) is 0 Å². The van der Waals surface area contributed by atoms with Crippen LogP contribution < -0.4 is 16.4 Å². The first kappa shape index (κ1) is 13.3. The summed E-state index contributed by atoms with van der Waals surface area (Å²) in [5.41, 5.74) is 15.9. The molecule has 0 aliphatic rings. The van der Waals surface area contributed by atoms with Gasteiger partial charge in [0.15, 0.2) is 5.11 Å². The van der Waals surface area contributed by atoms with E-state index < -0.39 is 0 Å². The average Bonchev–Trinajstić information content (AvgIpc) is 2.79. The Hall–Kier alpha value is -1.11. The summed E-state index contributed by atoms with van der Waals surface area (Å²) in [6.07, 6.45) is 0. The molecule has 0 aliphatic carbocycles. The molecule has 0 aliphatic heterocycles. The molecule has 18 heavy (non-hydrogen) atoms. The van der Waals surface area contributed by atoms with Gasteiger partial charge in [-0.25, -0.2) is 0 Å². The molecule has 6 heteroatoms. The van der Waals surface area contributed by atoms with Crippen LogP contribution in [-0.4, -0.2) is 5.11 Å². The molecule has 2 aromatic rings. The molecule has 0 bridgehead atoms. The number of anilines is 3. The maximum atomic E-state index is 6.16. The van der Waals surface area contributed by atoms with E-state index in [1.54, 1.807) is 22.7 Å². The number of nitrogens with two attached hydrogens (primary N) is 2. The summed E-state index contributed by atoms with van der Waals surface area (Å²) in [5.74, 6) is 0. The fourth-order valence-corrected chi connectivity index (χ4v) is 3.87. The number of nitrogens with zero attached hydrogens (tertiary/aromatic N) is 1. The molecule has 0 atom stereocenters. The van der Waals surface area contributed by atoms with Crippen molar-refractivity contribution in [2.24, 2.45) is 5.73 Å². The number of thiophene rings is 2. The summed E-state index contributed by atoms with van der Waals surface area (Å²) in [5, 5.41) is 4.44. The SMILES string of the molecule is Cc1cscc1N(C(N)=S)c1c(C)sc(C)c1N. The second-order valence-corrected chi connectivity index (χ2v) is 6.68. The smallest absolute Gasteiger partial charge is 0.175 e. The number of hydrogen-bond donors (Lipinski definition) is 2. The Kier molecular flexibility index (Phi) is 3.61. The summed E-state index contributed by atoms with van der Waals surface area (Å²) in [7, 11) is 0. The van der Waals surface area contributed by atoms with Gasteiger partial charge in [-0.1, -0.05) is 0 Å². The normalized spacial score (nSPS) is 10.6. The molecular weight excluding hydrogens is 282 g/mol. The van der Waals surface area contributed by atoms with Gasteiger partial charge in [-0.05, 0) is 43.9 Å². The van der Waals surface area contributed by atoms with Crippen molar-refractivity contribution < 1.29 is 0 Å². The minimum absolute atomic E-state index is 0.323. The van der Waals surface area contributed by atoms with Gasteiger partial charge < -0.3 is 11.5 Å². The highest BCUT2D eigenvalue weighted by atomic mass is 32.1. The van der Waals surface area contributed by atoms with Gasteiger partial charge in [0.2, 0.25) is 0 Å². The number of hydrogen-bond acceptors (Lipinski definition) is 4. The van der Waals surface area contributed by atoms with E-state index in [1.807, 2.05) is 31.1 Å². The maximum Gasteiger partial charge on any atom is 0.175 e. The molecule has 2 rings (SSSR count). The van der Waals surface area contributed by atoms with Crippen molar-refractivity contribution in [3.63, 3.8) is 0 Å². The van der Waals surface area contributed by atoms with Crippen LogP contribution in [0.2, 0.25) is 0 Å². The summed E-state index contributed by atoms with van der Waals surface area (Å²) in [6, 6.07) is 0. The third-order valence-corrected chi connectivity index (χ3v) is 4.84. The van der Waals surface area contributed by atoms with Gasteiger partial charge in [-0.3, -0.25) is 4.90 Å². The minimum Gasteiger partial charge on any atom is -0.396 e. The van der Waals surface area contributed by atoms with Crippen LogP contribution in [0.5, 0.6) is 0 Å². The molecule has 0 radical (unpaired) electrons. The molecule has 2 aromatic heterocycles. The summed E-state index contributed by atoms with van der Waals surface area (Å²) < 4.78 is 0. The lowest BCUT2D eigenvalue weighted by Crippen LogP contribution is -2.32. The molecule has 0 amide bonds. The molecule has 2 heterocycles. The van der Waals surface area contributed by atoms with Crippen molar-refractivity contribution in [1.82, 2.24) is 0 Å². The average molecular weight is 297 g/mol. The zero-order valence-electron chi connectivity index (χ0n) is 10.5. The summed E-state index contributed by atoms with van der Waals surface area (Å²) >= 11 is 8.49. The van der Waals surface area contributed by atoms with E-state index in [-0.39, 0.29) is 0 Å². The minimum atomic E-state index is 0.323. The Balaban J connectivity index is 2.63. The third kappa shape index (κ3) is 2.11. The molecule has 4 N–H and O–H groups in total. The standard InChI is InChI=1S/C12H15N3S3/c1-6-4-17-5-9(6)15(12(14)16)11-8(3)18-7(2)10(11)13/h4-5H,13H2,1-3H3,(H2,14,16). The highest BCUT2D eigenvalue weighted by Crippen LogP contribution is 2.42. The van der Waals surface area contributed by atoms with Gasteiger partial charge in [0.25, 0.3) is 0 Å². The van der Waals surface area contributed by atoms with Crippen molar-refractivity contribution >= 4 is 57.1 Å². The van der Waals surface area contributed by atoms with E-state index in [1.165, 1.54) is 0 Å². The first-order valence-electron chi connectivity index (χ1n) is 5.41. The Morgan fingerprint density at radius 2 is 1.89 bits per heavy atom. The third-order valence-electron chi connectivity index (χ3n) is 2.79. The van der Waals surface area contributed by atoms with E-state index in [0.717, 1.165) is 32.4 Å². The fraction of sp³-hybridized carbons (Fsp3) is 0.250. The summed E-state index contributed by atoms with van der Waals surface area (Å²) in [4.78, 5) is 4.09. The lowest BCUT2D eigenvalue weighted by Gasteiger charge is -2.23. The lowest BCUT2D eigenvalue weighted by atomic mass is 10.2. The van der Waals surface area contributed by atoms with Crippen molar-refractivity contribution in [3.8, 4) is 0 Å². The zero-order chi connectivity index (χ0) is 13.4. The van der Waals surface area contributed by atoms with Gasteiger partial charge in [-0.2, -0.15) is 0 Å². The molecule has 96 valence electrons. The molecule has 0 saturated heterocycles. The van der Waals surface area contributed by atoms with E-state index in [4.69, 9.17) is 23.7 Å². The molecule has 3 nitrogen and oxygen atoms in total. The zero-order valence-corrected chi connectivity index (χ0v) is 12.9. The van der Waals surface area contributed by atoms with Gasteiger partial charge in [-0.15, -0.1) is 22.7 Å². The molecule has 0 spiro atoms. The van der Waals surface area contributed by atoms with E-state index in [0.29, 0.717) is 5.11 Å². The second kappa shape index (κ2) is 4.87. The van der Waals surface area contributed by atoms with Crippen LogP contribution in [-0.2, 0) is 0 Å². The van der Waals surface area contributed by atoms with Gasteiger partial charge in [0.05, 0.1) is 17.1 Å². The molecule has 0 unspecified atom stereocenters. The van der Waals surface area contributed by atoms with Crippen LogP contribution in [0.3, 0.4) is 0 Å². The Morgan fingerprint density at radius 3 is 2.28 bits per heavy atom. The Morgan fingerprint density at radius 1 is 1.22 bits per heavy atom. The van der Waals surface area contributed by atoms with E-state index in [9.17, 15) is 0 Å². The topological polar surface area (TPSA) is 55.3 Å².